The molecule has 2 aromatic heterocycles. The van der Waals surface area contributed by atoms with Crippen LogP contribution in [0.5, 0.6) is 0 Å². The lowest BCUT2D eigenvalue weighted by molar-refractivity contribution is 0.529. The number of nitriles is 1. The van der Waals surface area contributed by atoms with Crippen LogP contribution in [0, 0.1) is 17.2 Å². The van der Waals surface area contributed by atoms with Crippen LogP contribution in [0.3, 0.4) is 0 Å². The van der Waals surface area contributed by atoms with Gasteiger partial charge in [0, 0.05) is 36.0 Å². The first-order valence-electron chi connectivity index (χ1n) is 10.7. The Morgan fingerprint density at radius 1 is 1.13 bits per heavy atom. The molecule has 1 aliphatic rings. The van der Waals surface area contributed by atoms with Gasteiger partial charge in [0.25, 0.3) is 0 Å². The maximum absolute atomic E-state index is 9.16. The van der Waals surface area contributed by atoms with Crippen molar-refractivity contribution in [3.8, 4) is 28.6 Å². The van der Waals surface area contributed by atoms with Crippen LogP contribution >= 0.6 is 0 Å². The van der Waals surface area contributed by atoms with Crippen LogP contribution in [0.2, 0.25) is 0 Å². The van der Waals surface area contributed by atoms with E-state index in [1.165, 1.54) is 6.42 Å². The van der Waals surface area contributed by atoms with Gasteiger partial charge in [0.15, 0.2) is 0 Å². The average Bonchev–Trinajstić information content (AvgIpc) is 3.45. The van der Waals surface area contributed by atoms with E-state index in [1.54, 1.807) is 0 Å². The molecule has 2 aromatic carbocycles. The highest BCUT2D eigenvalue weighted by atomic mass is 15.2. The van der Waals surface area contributed by atoms with Crippen LogP contribution in [-0.4, -0.2) is 32.8 Å². The molecule has 0 amide bonds. The van der Waals surface area contributed by atoms with Crippen LogP contribution in [-0.2, 0) is 13.5 Å². The maximum atomic E-state index is 9.16. The summed E-state index contributed by atoms with van der Waals surface area (Å²) in [6.07, 6.45) is 7.20. The van der Waals surface area contributed by atoms with Crippen molar-refractivity contribution in [3.05, 3.63) is 66.1 Å². The highest BCUT2D eigenvalue weighted by Gasteiger charge is 2.17. The second-order valence-electron chi connectivity index (χ2n) is 8.22. The monoisotopic (exact) mass is 408 g/mol. The minimum atomic E-state index is 0.639. The number of benzene rings is 2. The van der Waals surface area contributed by atoms with Gasteiger partial charge in [0.1, 0.15) is 0 Å². The molecule has 154 valence electrons. The molecule has 31 heavy (non-hydrogen) atoms. The Morgan fingerprint density at radius 3 is 2.74 bits per heavy atom. The SMILES string of the molecule is Cn1cc2cc(-c3ncc(CCC4CCNC4)nc3-c3ccc(C#N)cc3)ccc2n1. The van der Waals surface area contributed by atoms with E-state index in [1.807, 2.05) is 54.5 Å². The van der Waals surface area contributed by atoms with Crippen LogP contribution in [0.4, 0.5) is 0 Å². The van der Waals surface area contributed by atoms with Crippen LogP contribution in [0.1, 0.15) is 24.1 Å². The zero-order chi connectivity index (χ0) is 21.2. The van der Waals surface area contributed by atoms with Crippen molar-refractivity contribution >= 4 is 10.9 Å². The van der Waals surface area contributed by atoms with Crippen molar-refractivity contribution in [2.24, 2.45) is 13.0 Å². The number of aromatic nitrogens is 4. The molecule has 3 heterocycles. The molecule has 5 rings (SSSR count). The van der Waals surface area contributed by atoms with Crippen molar-refractivity contribution in [1.82, 2.24) is 25.1 Å². The number of nitrogens with zero attached hydrogens (tertiary/aromatic N) is 5. The topological polar surface area (TPSA) is 79.4 Å². The Morgan fingerprint density at radius 2 is 1.97 bits per heavy atom. The summed E-state index contributed by atoms with van der Waals surface area (Å²) in [5.41, 5.74) is 6.30. The number of hydrogen-bond acceptors (Lipinski definition) is 5. The summed E-state index contributed by atoms with van der Waals surface area (Å²) in [6, 6.07) is 16.0. The molecular weight excluding hydrogens is 384 g/mol. The Bertz CT molecular complexity index is 1260. The van der Waals surface area contributed by atoms with Crippen molar-refractivity contribution in [1.29, 1.82) is 5.26 Å². The summed E-state index contributed by atoms with van der Waals surface area (Å²) in [5.74, 6) is 0.716. The summed E-state index contributed by atoms with van der Waals surface area (Å²) in [4.78, 5) is 9.89. The third-order valence-corrected chi connectivity index (χ3v) is 5.97. The number of aryl methyl sites for hydroxylation is 2. The summed E-state index contributed by atoms with van der Waals surface area (Å²) in [7, 11) is 1.93. The highest BCUT2D eigenvalue weighted by Crippen LogP contribution is 2.31. The Balaban J connectivity index is 1.55. The molecule has 0 spiro atoms. The minimum absolute atomic E-state index is 0.639. The van der Waals surface area contributed by atoms with Gasteiger partial charge in [-0.3, -0.25) is 9.67 Å². The van der Waals surface area contributed by atoms with Crippen molar-refractivity contribution in [2.75, 3.05) is 13.1 Å². The fraction of sp³-hybridized carbons (Fsp3) is 0.280. The van der Waals surface area contributed by atoms with Gasteiger partial charge in [-0.2, -0.15) is 10.4 Å². The van der Waals surface area contributed by atoms with Gasteiger partial charge in [-0.15, -0.1) is 0 Å². The fourth-order valence-electron chi connectivity index (χ4n) is 4.27. The van der Waals surface area contributed by atoms with E-state index in [0.29, 0.717) is 11.5 Å². The summed E-state index contributed by atoms with van der Waals surface area (Å²) in [6.45, 7) is 2.21. The second-order valence-corrected chi connectivity index (χ2v) is 8.22. The van der Waals surface area contributed by atoms with E-state index in [9.17, 15) is 0 Å². The Hall–Kier alpha value is -3.56. The molecule has 1 atom stereocenters. The third-order valence-electron chi connectivity index (χ3n) is 5.97. The first-order valence-corrected chi connectivity index (χ1v) is 10.7. The van der Waals surface area contributed by atoms with E-state index < -0.39 is 0 Å². The van der Waals surface area contributed by atoms with Crippen molar-refractivity contribution < 1.29 is 0 Å². The van der Waals surface area contributed by atoms with Gasteiger partial charge in [0.05, 0.1) is 34.2 Å². The van der Waals surface area contributed by atoms with Gasteiger partial charge in [-0.25, -0.2) is 4.98 Å². The zero-order valence-electron chi connectivity index (χ0n) is 17.5. The molecule has 1 aliphatic heterocycles. The number of fused-ring (bicyclic) bond motifs is 1. The molecule has 0 saturated carbocycles. The van der Waals surface area contributed by atoms with Gasteiger partial charge >= 0.3 is 0 Å². The average molecular weight is 409 g/mol. The summed E-state index contributed by atoms with van der Waals surface area (Å²) >= 11 is 0. The molecule has 6 nitrogen and oxygen atoms in total. The highest BCUT2D eigenvalue weighted by molar-refractivity contribution is 5.87. The molecule has 0 bridgehead atoms. The molecule has 0 aliphatic carbocycles. The molecule has 1 N–H and O–H groups in total. The number of nitrogens with one attached hydrogen (secondary N) is 1. The van der Waals surface area contributed by atoms with E-state index in [2.05, 4.69) is 28.6 Å². The standard InChI is InChI=1S/C25H24N6/c1-31-16-21-12-20(7-9-23(21)30-31)24-25(19-5-2-17(13-26)3-6-19)29-22(15-28-24)8-4-18-10-11-27-14-18/h2-3,5-7,9,12,15-16,18,27H,4,8,10-11,14H2,1H3. The Labute approximate surface area is 181 Å². The smallest absolute Gasteiger partial charge is 0.0991 e. The first-order chi connectivity index (χ1) is 15.2. The van der Waals surface area contributed by atoms with Crippen LogP contribution in [0.25, 0.3) is 33.4 Å². The van der Waals surface area contributed by atoms with Gasteiger partial charge in [-0.1, -0.05) is 18.2 Å². The van der Waals surface area contributed by atoms with Crippen molar-refractivity contribution in [2.45, 2.75) is 19.3 Å². The van der Waals surface area contributed by atoms with E-state index >= 15 is 0 Å². The van der Waals surface area contributed by atoms with E-state index in [4.69, 9.17) is 15.2 Å². The minimum Gasteiger partial charge on any atom is -0.316 e. The molecular formula is C25H24N6. The fourth-order valence-corrected chi connectivity index (χ4v) is 4.27. The Kier molecular flexibility index (Phi) is 5.19. The van der Waals surface area contributed by atoms with Crippen LogP contribution < -0.4 is 5.32 Å². The lowest BCUT2D eigenvalue weighted by Crippen LogP contribution is -2.10. The van der Waals surface area contributed by atoms with Crippen LogP contribution in [0.15, 0.2) is 54.9 Å². The zero-order valence-corrected chi connectivity index (χ0v) is 17.5. The third kappa shape index (κ3) is 4.05. The first kappa shape index (κ1) is 19.4. The summed E-state index contributed by atoms with van der Waals surface area (Å²) < 4.78 is 1.82. The largest absolute Gasteiger partial charge is 0.316 e. The van der Waals surface area contributed by atoms with Gasteiger partial charge in [0.2, 0.25) is 0 Å². The second kappa shape index (κ2) is 8.29. The number of rotatable bonds is 5. The molecule has 1 fully saturated rings. The van der Waals surface area contributed by atoms with E-state index in [-0.39, 0.29) is 0 Å². The van der Waals surface area contributed by atoms with Gasteiger partial charge in [-0.05, 0) is 62.5 Å². The predicted octanol–water partition coefficient (Wildman–Crippen LogP) is 4.11. The molecule has 4 aromatic rings. The lowest BCUT2D eigenvalue weighted by Gasteiger charge is -2.12. The van der Waals surface area contributed by atoms with Gasteiger partial charge < -0.3 is 5.32 Å². The molecule has 6 heteroatoms. The molecule has 0 radical (unpaired) electrons. The summed E-state index contributed by atoms with van der Waals surface area (Å²) in [5, 5.41) is 18.1. The molecule has 1 saturated heterocycles. The maximum Gasteiger partial charge on any atom is 0.0991 e. The normalized spacial score (nSPS) is 15.9. The number of hydrogen-bond donors (Lipinski definition) is 1. The quantitative estimate of drug-likeness (QED) is 0.538. The molecule has 1 unspecified atom stereocenters. The van der Waals surface area contributed by atoms with Crippen molar-refractivity contribution in [3.63, 3.8) is 0 Å². The predicted molar refractivity (Wildman–Crippen MR) is 121 cm³/mol. The lowest BCUT2D eigenvalue weighted by atomic mass is 10.00. The van der Waals surface area contributed by atoms with E-state index in [0.717, 1.165) is 65.0 Å².